The van der Waals surface area contributed by atoms with E-state index in [4.69, 9.17) is 14.2 Å². The fourth-order valence-electron chi connectivity index (χ4n) is 7.66. The molecule has 0 bridgehead atoms. The van der Waals surface area contributed by atoms with Crippen LogP contribution < -0.4 is 24.0 Å². The van der Waals surface area contributed by atoms with E-state index in [1.54, 1.807) is 81.4 Å². The van der Waals surface area contributed by atoms with E-state index < -0.39 is 55.6 Å². The molecule has 2 aromatic carbocycles. The number of hydrogen-bond acceptors (Lipinski definition) is 18. The zero-order valence-electron chi connectivity index (χ0n) is 39.4. The maximum atomic E-state index is 12.7. The van der Waals surface area contributed by atoms with Gasteiger partial charge in [-0.3, -0.25) is 19.0 Å². The number of rotatable bonds is 18. The highest BCUT2D eigenvalue weighted by Gasteiger charge is 2.32. The Bertz CT molecular complexity index is 2600. The van der Waals surface area contributed by atoms with E-state index >= 15 is 0 Å². The van der Waals surface area contributed by atoms with Crippen LogP contribution in [0.4, 0.5) is 11.6 Å². The van der Waals surface area contributed by atoms with Gasteiger partial charge in [0, 0.05) is 38.0 Å². The molecule has 2 saturated heterocycles. The fourth-order valence-corrected chi connectivity index (χ4v) is 10.7. The van der Waals surface area contributed by atoms with Gasteiger partial charge in [0.15, 0.2) is 5.82 Å². The van der Waals surface area contributed by atoms with Crippen LogP contribution in [0.3, 0.4) is 0 Å². The van der Waals surface area contributed by atoms with Crippen LogP contribution in [0.5, 0.6) is 5.88 Å². The fraction of sp³-hybridized carbons (Fsp3) is 0.417. The van der Waals surface area contributed by atoms with Crippen LogP contribution in [0.25, 0.3) is 0 Å². The van der Waals surface area contributed by atoms with Gasteiger partial charge in [0.1, 0.15) is 28.5 Å². The molecular formula is C48H56N8O11S3. The van der Waals surface area contributed by atoms with Crippen LogP contribution in [0, 0.1) is 34.5 Å². The molecule has 2 N–H and O–H groups in total. The van der Waals surface area contributed by atoms with E-state index in [2.05, 4.69) is 31.6 Å². The van der Waals surface area contributed by atoms with Gasteiger partial charge < -0.3 is 24.0 Å². The van der Waals surface area contributed by atoms with Crippen molar-refractivity contribution in [3.05, 3.63) is 106 Å². The van der Waals surface area contributed by atoms with Gasteiger partial charge in [-0.25, -0.2) is 31.4 Å². The number of esters is 2. The molecular weight excluding hydrogens is 961 g/mol. The number of carbonyl (C=O) groups excluding carboxylic acids is 4. The number of nitrogens with zero attached hydrogens (tertiary/aromatic N) is 6. The Balaban J connectivity index is 0.000000261. The van der Waals surface area contributed by atoms with E-state index in [0.29, 0.717) is 85.4 Å². The number of hydrogen-bond donors (Lipinski definition) is 2. The van der Waals surface area contributed by atoms with Crippen molar-refractivity contribution in [2.75, 3.05) is 61.6 Å². The maximum absolute atomic E-state index is 12.7. The summed E-state index contributed by atoms with van der Waals surface area (Å²) in [6.07, 6.45) is 1.58. The second kappa shape index (κ2) is 25.7. The summed E-state index contributed by atoms with van der Waals surface area (Å²) in [4.78, 5) is 62.7. The molecule has 4 heterocycles. The summed E-state index contributed by atoms with van der Waals surface area (Å²) in [6.45, 7) is 9.35. The largest absolute Gasteiger partial charge is 0.477 e. The van der Waals surface area contributed by atoms with Crippen molar-refractivity contribution >= 4 is 67.2 Å². The van der Waals surface area contributed by atoms with Crippen molar-refractivity contribution in [2.24, 2.45) is 11.8 Å². The topological polar surface area (TPSA) is 268 Å². The molecule has 0 saturated carbocycles. The summed E-state index contributed by atoms with van der Waals surface area (Å²) in [6, 6.07) is 24.4. The van der Waals surface area contributed by atoms with Gasteiger partial charge in [-0.05, 0) is 75.5 Å². The molecule has 19 nitrogen and oxygen atoms in total. The van der Waals surface area contributed by atoms with Gasteiger partial charge in [0.25, 0.3) is 0 Å². The van der Waals surface area contributed by atoms with E-state index in [1.807, 2.05) is 16.7 Å². The predicted octanol–water partition coefficient (Wildman–Crippen LogP) is 5.50. The third-order valence-electron chi connectivity index (χ3n) is 11.0. The second-order valence-corrected chi connectivity index (χ2v) is 20.6. The minimum Gasteiger partial charge on any atom is -0.477 e. The van der Waals surface area contributed by atoms with Crippen molar-refractivity contribution in [2.45, 2.75) is 69.9 Å². The number of sulfonamides is 2. The summed E-state index contributed by atoms with van der Waals surface area (Å²) in [7, 11) is -7.62. The van der Waals surface area contributed by atoms with Gasteiger partial charge in [-0.15, -0.1) is 11.8 Å². The average molecular weight is 1020 g/mol. The first-order valence-corrected chi connectivity index (χ1v) is 27.0. The minimum atomic E-state index is -3.82. The van der Waals surface area contributed by atoms with Crippen molar-refractivity contribution in [3.8, 4) is 18.0 Å². The van der Waals surface area contributed by atoms with Gasteiger partial charge in [-0.2, -0.15) is 15.5 Å². The molecule has 2 aromatic heterocycles. The van der Waals surface area contributed by atoms with E-state index in [1.165, 1.54) is 23.9 Å². The Kier molecular flexibility index (Phi) is 19.9. The maximum Gasteiger partial charge on any atom is 0.343 e. The first-order valence-electron chi connectivity index (χ1n) is 22.7. The molecule has 70 heavy (non-hydrogen) atoms. The van der Waals surface area contributed by atoms with Gasteiger partial charge in [0.2, 0.25) is 37.7 Å². The lowest BCUT2D eigenvalue weighted by molar-refractivity contribution is -0.124. The van der Waals surface area contributed by atoms with E-state index in [0.717, 1.165) is 0 Å². The molecule has 0 radical (unpaired) electrons. The number of piperidine rings is 2. The van der Waals surface area contributed by atoms with Crippen molar-refractivity contribution in [1.29, 1.82) is 10.5 Å². The monoisotopic (exact) mass is 1020 g/mol. The van der Waals surface area contributed by atoms with Crippen LogP contribution in [0.2, 0.25) is 0 Å². The smallest absolute Gasteiger partial charge is 0.343 e. The van der Waals surface area contributed by atoms with Crippen LogP contribution in [0.1, 0.15) is 96.3 Å². The molecule has 2 fully saturated rings. The minimum absolute atomic E-state index is 0.0758. The number of amides is 2. The molecule has 0 atom stereocenters. The normalized spacial score (nSPS) is 14.2. The lowest BCUT2D eigenvalue weighted by atomic mass is 9.96. The van der Waals surface area contributed by atoms with Gasteiger partial charge in [-0.1, -0.05) is 67.6 Å². The van der Waals surface area contributed by atoms with Crippen molar-refractivity contribution < 1.29 is 50.2 Å². The number of pyridine rings is 2. The lowest BCUT2D eigenvalue weighted by Crippen LogP contribution is -2.43. The number of carbonyl (C=O) groups is 4. The summed E-state index contributed by atoms with van der Waals surface area (Å²) in [5.74, 6) is -2.15. The number of nitriles is 2. The SMILES string of the molecule is CCOC(=O)c1cc(C#N)c(N2CCC(C(=O)NS(=O)(=O)Cc3ccccc3)CC2)nc1OCC.CCOC(=O)c1cc(C#N)c(N2CCC(C(=O)NS(=O)(=O)Cc3ccccc3)CC2)nc1SCC. The molecule has 6 rings (SSSR count). The zero-order chi connectivity index (χ0) is 50.8. The summed E-state index contributed by atoms with van der Waals surface area (Å²) in [5.41, 5.74) is 1.97. The average Bonchev–Trinajstić information content (AvgIpc) is 3.34. The van der Waals surface area contributed by atoms with Crippen LogP contribution in [0.15, 0.2) is 77.8 Å². The second-order valence-electron chi connectivity index (χ2n) is 15.9. The van der Waals surface area contributed by atoms with Crippen LogP contribution >= 0.6 is 11.8 Å². The van der Waals surface area contributed by atoms with Crippen molar-refractivity contribution in [1.82, 2.24) is 19.4 Å². The molecule has 0 unspecified atom stereocenters. The number of ether oxygens (including phenoxy) is 3. The zero-order valence-corrected chi connectivity index (χ0v) is 41.8. The quantitative estimate of drug-likeness (QED) is 0.0920. The Morgan fingerprint density at radius 2 is 1.06 bits per heavy atom. The number of anilines is 2. The first-order chi connectivity index (χ1) is 33.5. The molecule has 22 heteroatoms. The number of aromatic nitrogens is 2. The molecule has 0 aliphatic carbocycles. The molecule has 2 amide bonds. The Morgan fingerprint density at radius 3 is 1.46 bits per heavy atom. The Hall–Kier alpha value is -6.75. The highest BCUT2D eigenvalue weighted by molar-refractivity contribution is 7.99. The third-order valence-corrected chi connectivity index (χ3v) is 14.3. The Morgan fingerprint density at radius 1 is 0.643 bits per heavy atom. The standard InChI is InChI=1S/C24H28N4O6S.C24H28N4O5S2/c1-3-33-23-20(24(30)34-4-2)14-19(15-25)21(26-23)28-12-10-18(11-13-28)22(29)27-35(31,32)16-17-8-6-5-7-9-17;1-3-33-24(30)20-14-19(15-25)21(26-23(20)34-4-2)28-12-10-18(11-13-28)22(29)27-35(31,32)16-17-8-6-5-7-9-17/h2*5-9,14,18H,3-4,10-13,16H2,1-2H3,(H,27,29). The molecule has 372 valence electrons. The molecule has 2 aliphatic rings. The molecule has 4 aromatic rings. The molecule has 2 aliphatic heterocycles. The van der Waals surface area contributed by atoms with Crippen molar-refractivity contribution in [3.63, 3.8) is 0 Å². The lowest BCUT2D eigenvalue weighted by Gasteiger charge is -2.32. The number of benzene rings is 2. The number of nitrogens with one attached hydrogen (secondary N) is 2. The van der Waals surface area contributed by atoms with E-state index in [-0.39, 0.29) is 59.5 Å². The Labute approximate surface area is 413 Å². The van der Waals surface area contributed by atoms with E-state index in [9.17, 15) is 46.5 Å². The predicted molar refractivity (Wildman–Crippen MR) is 262 cm³/mol. The highest BCUT2D eigenvalue weighted by atomic mass is 32.2. The first kappa shape index (κ1) is 54.2. The summed E-state index contributed by atoms with van der Waals surface area (Å²) < 4.78 is 69.7. The van der Waals surface area contributed by atoms with Crippen LogP contribution in [-0.2, 0) is 50.6 Å². The molecule has 0 spiro atoms. The van der Waals surface area contributed by atoms with Crippen LogP contribution in [-0.4, -0.2) is 102 Å². The summed E-state index contributed by atoms with van der Waals surface area (Å²) >= 11 is 1.39. The van der Waals surface area contributed by atoms with Gasteiger partial charge >= 0.3 is 11.9 Å². The highest BCUT2D eigenvalue weighted by Crippen LogP contribution is 2.32. The number of thioether (sulfide) groups is 1. The third kappa shape index (κ3) is 15.1. The summed E-state index contributed by atoms with van der Waals surface area (Å²) in [5, 5.41) is 19.8. The van der Waals surface area contributed by atoms with Gasteiger partial charge in [0.05, 0.1) is 48.0 Å².